The molecule has 0 aliphatic rings. The van der Waals surface area contributed by atoms with Crippen molar-refractivity contribution in [2.45, 2.75) is 6.10 Å². The summed E-state index contributed by atoms with van der Waals surface area (Å²) in [5.41, 5.74) is 0.467. The topological polar surface area (TPSA) is 46.0 Å². The van der Waals surface area contributed by atoms with Gasteiger partial charge in [0.2, 0.25) is 0 Å². The summed E-state index contributed by atoms with van der Waals surface area (Å²) < 4.78 is 1.34. The minimum atomic E-state index is -0.859. The highest BCUT2D eigenvalue weighted by Gasteiger charge is 2.18. The lowest BCUT2D eigenvalue weighted by molar-refractivity contribution is 0.223. The quantitative estimate of drug-likeness (QED) is 0.849. The highest BCUT2D eigenvalue weighted by atomic mass is 79.9. The number of rotatable bonds is 2. The first kappa shape index (κ1) is 12.3. The largest absolute Gasteiger partial charge is 0.383 e. The zero-order valence-electron chi connectivity index (χ0n) is 7.69. The average molecular weight is 340 g/mol. The molecule has 0 fully saturated rings. The molecular formula is C9H5BrCl2N2OS. The van der Waals surface area contributed by atoms with Crippen molar-refractivity contribution in [3.8, 4) is 0 Å². The predicted molar refractivity (Wildman–Crippen MR) is 68.1 cm³/mol. The van der Waals surface area contributed by atoms with Crippen LogP contribution in [0, 0.1) is 0 Å². The van der Waals surface area contributed by atoms with Crippen molar-refractivity contribution in [1.29, 1.82) is 0 Å². The Balaban J connectivity index is 2.39. The predicted octanol–water partition coefficient (Wildman–Crippen LogP) is 3.69. The van der Waals surface area contributed by atoms with E-state index in [9.17, 15) is 5.11 Å². The smallest absolute Gasteiger partial charge is 0.138 e. The number of thiophene rings is 1. The fourth-order valence-electron chi connectivity index (χ4n) is 1.16. The highest BCUT2D eigenvalue weighted by molar-refractivity contribution is 9.10. The average Bonchev–Trinajstić information content (AvgIpc) is 2.59. The molecule has 0 radical (unpaired) electrons. The summed E-state index contributed by atoms with van der Waals surface area (Å²) in [6.45, 7) is 0. The number of hydrogen-bond donors (Lipinski definition) is 1. The molecule has 16 heavy (non-hydrogen) atoms. The van der Waals surface area contributed by atoms with Crippen molar-refractivity contribution >= 4 is 50.5 Å². The summed E-state index contributed by atoms with van der Waals surface area (Å²) >= 11 is 16.3. The standard InChI is InChI=1S/C9H5BrCl2N2OS/c10-5-1-6(16-9(5)12)7(15)4-2-13-3-14-8(4)11/h1-3,7,15H. The van der Waals surface area contributed by atoms with Gasteiger partial charge in [0.1, 0.15) is 21.9 Å². The SMILES string of the molecule is OC(c1cc(Br)c(Cl)s1)c1cncnc1Cl. The van der Waals surface area contributed by atoms with Gasteiger partial charge in [0, 0.05) is 21.1 Å². The van der Waals surface area contributed by atoms with Gasteiger partial charge in [-0.15, -0.1) is 11.3 Å². The number of aromatic nitrogens is 2. The van der Waals surface area contributed by atoms with Crippen LogP contribution in [-0.2, 0) is 0 Å². The molecule has 2 heterocycles. The normalized spacial score (nSPS) is 12.8. The van der Waals surface area contributed by atoms with Crippen LogP contribution in [0.3, 0.4) is 0 Å². The zero-order valence-corrected chi connectivity index (χ0v) is 11.6. The Bertz CT molecular complexity index is 500. The van der Waals surface area contributed by atoms with Gasteiger partial charge in [-0.2, -0.15) is 0 Å². The fourth-order valence-corrected chi connectivity index (χ4v) is 3.10. The lowest BCUT2D eigenvalue weighted by atomic mass is 10.2. The molecule has 0 amide bonds. The third-order valence-electron chi connectivity index (χ3n) is 1.92. The Morgan fingerprint density at radius 3 is 2.75 bits per heavy atom. The van der Waals surface area contributed by atoms with Gasteiger partial charge in [0.15, 0.2) is 0 Å². The minimum absolute atomic E-state index is 0.239. The molecule has 2 aromatic heterocycles. The first-order valence-electron chi connectivity index (χ1n) is 4.17. The number of halogens is 3. The van der Waals surface area contributed by atoms with Crippen molar-refractivity contribution in [1.82, 2.24) is 9.97 Å². The molecule has 84 valence electrons. The molecule has 0 bridgehead atoms. The third kappa shape index (κ3) is 2.38. The van der Waals surface area contributed by atoms with Gasteiger partial charge in [0.05, 0.1) is 0 Å². The van der Waals surface area contributed by atoms with Crippen molar-refractivity contribution in [2.75, 3.05) is 0 Å². The second-order valence-electron chi connectivity index (χ2n) is 2.94. The molecule has 1 unspecified atom stereocenters. The van der Waals surface area contributed by atoms with E-state index >= 15 is 0 Å². The van der Waals surface area contributed by atoms with Crippen LogP contribution >= 0.6 is 50.5 Å². The van der Waals surface area contributed by atoms with Gasteiger partial charge in [0.25, 0.3) is 0 Å². The van der Waals surface area contributed by atoms with E-state index in [0.717, 1.165) is 4.47 Å². The van der Waals surface area contributed by atoms with Crippen LogP contribution in [0.25, 0.3) is 0 Å². The number of hydrogen-bond acceptors (Lipinski definition) is 4. The van der Waals surface area contributed by atoms with Crippen LogP contribution < -0.4 is 0 Å². The zero-order chi connectivity index (χ0) is 11.7. The Kier molecular flexibility index (Phi) is 3.81. The van der Waals surface area contributed by atoms with Crippen molar-refractivity contribution < 1.29 is 5.11 Å². The lowest BCUT2D eigenvalue weighted by Gasteiger charge is -2.08. The van der Waals surface area contributed by atoms with Gasteiger partial charge >= 0.3 is 0 Å². The summed E-state index contributed by atoms with van der Waals surface area (Å²) in [5.74, 6) is 0. The number of aliphatic hydroxyl groups is 1. The van der Waals surface area contributed by atoms with E-state index in [1.54, 1.807) is 6.07 Å². The summed E-state index contributed by atoms with van der Waals surface area (Å²) in [5, 5.41) is 10.3. The molecule has 0 aromatic carbocycles. The van der Waals surface area contributed by atoms with Crippen molar-refractivity contribution in [3.63, 3.8) is 0 Å². The fraction of sp³-hybridized carbons (Fsp3) is 0.111. The summed E-state index contributed by atoms with van der Waals surface area (Å²) in [4.78, 5) is 8.32. The molecule has 0 saturated heterocycles. The molecule has 2 aromatic rings. The maximum atomic E-state index is 10.1. The Morgan fingerprint density at radius 2 is 2.19 bits per heavy atom. The third-order valence-corrected chi connectivity index (χ3v) is 4.76. The minimum Gasteiger partial charge on any atom is -0.383 e. The van der Waals surface area contributed by atoms with Crippen LogP contribution in [0.2, 0.25) is 9.49 Å². The Hall–Kier alpha value is -0.200. The molecule has 2 rings (SSSR count). The van der Waals surface area contributed by atoms with Crippen LogP contribution in [0.1, 0.15) is 16.5 Å². The molecule has 0 aliphatic carbocycles. The van der Waals surface area contributed by atoms with E-state index in [0.29, 0.717) is 14.8 Å². The molecule has 1 atom stereocenters. The molecule has 0 aliphatic heterocycles. The maximum absolute atomic E-state index is 10.1. The van der Waals surface area contributed by atoms with Gasteiger partial charge in [-0.3, -0.25) is 0 Å². The second-order valence-corrected chi connectivity index (χ2v) is 5.84. The molecule has 3 nitrogen and oxygen atoms in total. The Labute approximate surface area is 114 Å². The highest BCUT2D eigenvalue weighted by Crippen LogP contribution is 2.38. The van der Waals surface area contributed by atoms with E-state index in [1.807, 2.05) is 0 Å². The first-order chi connectivity index (χ1) is 7.59. The molecule has 1 N–H and O–H groups in total. The van der Waals surface area contributed by atoms with Gasteiger partial charge in [-0.25, -0.2) is 9.97 Å². The van der Waals surface area contributed by atoms with E-state index in [2.05, 4.69) is 25.9 Å². The second kappa shape index (κ2) is 4.98. The summed E-state index contributed by atoms with van der Waals surface area (Å²) in [6.07, 6.45) is 1.96. The van der Waals surface area contributed by atoms with Crippen LogP contribution in [-0.4, -0.2) is 15.1 Å². The van der Waals surface area contributed by atoms with Gasteiger partial charge in [-0.05, 0) is 22.0 Å². The van der Waals surface area contributed by atoms with Gasteiger partial charge in [-0.1, -0.05) is 23.2 Å². The van der Waals surface area contributed by atoms with E-state index in [4.69, 9.17) is 23.2 Å². The summed E-state index contributed by atoms with van der Waals surface area (Å²) in [6, 6.07) is 1.75. The molecule has 0 spiro atoms. The van der Waals surface area contributed by atoms with E-state index in [-0.39, 0.29) is 5.15 Å². The van der Waals surface area contributed by atoms with Crippen molar-refractivity contribution in [3.05, 3.63) is 43.0 Å². The number of nitrogens with zero attached hydrogens (tertiary/aromatic N) is 2. The van der Waals surface area contributed by atoms with Gasteiger partial charge < -0.3 is 5.11 Å². The lowest BCUT2D eigenvalue weighted by Crippen LogP contribution is -2.00. The maximum Gasteiger partial charge on any atom is 0.138 e. The first-order valence-corrected chi connectivity index (χ1v) is 6.54. The van der Waals surface area contributed by atoms with Crippen LogP contribution in [0.4, 0.5) is 0 Å². The van der Waals surface area contributed by atoms with E-state index < -0.39 is 6.10 Å². The van der Waals surface area contributed by atoms with Crippen LogP contribution in [0.15, 0.2) is 23.1 Å². The monoisotopic (exact) mass is 338 g/mol. The molecular weight excluding hydrogens is 335 g/mol. The molecule has 7 heteroatoms. The van der Waals surface area contributed by atoms with E-state index in [1.165, 1.54) is 23.9 Å². The Morgan fingerprint density at radius 1 is 1.44 bits per heavy atom. The van der Waals surface area contributed by atoms with Crippen molar-refractivity contribution in [2.24, 2.45) is 0 Å². The molecule has 0 saturated carbocycles. The number of aliphatic hydroxyl groups excluding tert-OH is 1. The summed E-state index contributed by atoms with van der Waals surface area (Å²) in [7, 11) is 0. The van der Waals surface area contributed by atoms with Crippen LogP contribution in [0.5, 0.6) is 0 Å².